The van der Waals surface area contributed by atoms with Gasteiger partial charge < -0.3 is 10.0 Å². The Morgan fingerprint density at radius 2 is 2.17 bits per heavy atom. The largest absolute Gasteiger partial charge is 0.477 e. The molecule has 6 heteroatoms. The van der Waals surface area contributed by atoms with Crippen molar-refractivity contribution in [3.8, 4) is 0 Å². The van der Waals surface area contributed by atoms with Crippen LogP contribution >= 0.6 is 0 Å². The number of anilines is 2. The van der Waals surface area contributed by atoms with Crippen LogP contribution in [0.15, 0.2) is 36.5 Å². The van der Waals surface area contributed by atoms with Gasteiger partial charge in [-0.25, -0.2) is 19.2 Å². The fourth-order valence-corrected chi connectivity index (χ4v) is 1.43. The highest BCUT2D eigenvalue weighted by Gasteiger charge is 2.11. The standard InChI is InChI=1S/C12H10FN3O2/c1-16(9-4-2-3-8(13)7-9)12-14-6-5-10(15-12)11(17)18/h2-7H,1H3,(H,17,18). The first-order chi connectivity index (χ1) is 8.58. The number of hydrogen-bond acceptors (Lipinski definition) is 4. The van der Waals surface area contributed by atoms with Crippen LogP contribution in [0, 0.1) is 5.82 Å². The molecule has 0 fully saturated rings. The molecule has 0 saturated heterocycles. The molecule has 0 aliphatic carbocycles. The summed E-state index contributed by atoms with van der Waals surface area (Å²) < 4.78 is 13.1. The molecule has 2 rings (SSSR count). The first-order valence-corrected chi connectivity index (χ1v) is 5.13. The molecule has 0 saturated carbocycles. The zero-order chi connectivity index (χ0) is 13.1. The minimum Gasteiger partial charge on any atom is -0.477 e. The van der Waals surface area contributed by atoms with Gasteiger partial charge in [0.1, 0.15) is 5.82 Å². The molecule has 5 nitrogen and oxygen atoms in total. The van der Waals surface area contributed by atoms with E-state index in [9.17, 15) is 9.18 Å². The zero-order valence-corrected chi connectivity index (χ0v) is 9.54. The third kappa shape index (κ3) is 2.42. The molecule has 1 aromatic carbocycles. The van der Waals surface area contributed by atoms with E-state index in [0.29, 0.717) is 5.69 Å². The van der Waals surface area contributed by atoms with E-state index in [4.69, 9.17) is 5.11 Å². The van der Waals surface area contributed by atoms with Crippen LogP contribution in [0.25, 0.3) is 0 Å². The van der Waals surface area contributed by atoms with E-state index in [1.807, 2.05) is 0 Å². The normalized spacial score (nSPS) is 10.1. The van der Waals surface area contributed by atoms with Crippen LogP contribution < -0.4 is 4.90 Å². The van der Waals surface area contributed by atoms with Crippen LogP contribution in [0.1, 0.15) is 10.5 Å². The van der Waals surface area contributed by atoms with Gasteiger partial charge in [0, 0.05) is 18.9 Å². The quantitative estimate of drug-likeness (QED) is 0.899. The van der Waals surface area contributed by atoms with Crippen molar-refractivity contribution < 1.29 is 14.3 Å². The van der Waals surface area contributed by atoms with Crippen LogP contribution in [0.5, 0.6) is 0 Å². The number of rotatable bonds is 3. The molecular formula is C12H10FN3O2. The number of aromatic nitrogens is 2. The van der Waals surface area contributed by atoms with Gasteiger partial charge in [-0.3, -0.25) is 0 Å². The Morgan fingerprint density at radius 3 is 2.83 bits per heavy atom. The van der Waals surface area contributed by atoms with Crippen molar-refractivity contribution in [2.24, 2.45) is 0 Å². The molecule has 0 aliphatic rings. The molecule has 0 bridgehead atoms. The summed E-state index contributed by atoms with van der Waals surface area (Å²) in [4.78, 5) is 20.1. The molecule has 0 unspecified atom stereocenters. The van der Waals surface area contributed by atoms with Crippen LogP contribution in [-0.4, -0.2) is 28.1 Å². The molecule has 0 aliphatic heterocycles. The summed E-state index contributed by atoms with van der Waals surface area (Å²) in [7, 11) is 1.63. The number of benzene rings is 1. The van der Waals surface area contributed by atoms with Gasteiger partial charge in [0.2, 0.25) is 5.95 Å². The van der Waals surface area contributed by atoms with Crippen molar-refractivity contribution in [2.75, 3.05) is 11.9 Å². The average molecular weight is 247 g/mol. The fraction of sp³-hybridized carbons (Fsp3) is 0.0833. The number of aromatic carboxylic acids is 1. The summed E-state index contributed by atoms with van der Waals surface area (Å²) in [5.41, 5.74) is 0.431. The van der Waals surface area contributed by atoms with Crippen molar-refractivity contribution in [3.05, 3.63) is 48.0 Å². The summed E-state index contributed by atoms with van der Waals surface area (Å²) in [6.07, 6.45) is 1.35. The second-order valence-electron chi connectivity index (χ2n) is 3.59. The Bertz CT molecular complexity index is 589. The van der Waals surface area contributed by atoms with E-state index in [-0.39, 0.29) is 17.5 Å². The SMILES string of the molecule is CN(c1cccc(F)c1)c1nccc(C(=O)O)n1. The topological polar surface area (TPSA) is 66.3 Å². The number of carboxylic acid groups (broad SMARTS) is 1. The monoisotopic (exact) mass is 247 g/mol. The van der Waals surface area contributed by atoms with Crippen LogP contribution in [0.2, 0.25) is 0 Å². The summed E-state index contributed by atoms with van der Waals surface area (Å²) in [6, 6.07) is 7.18. The van der Waals surface area contributed by atoms with E-state index in [1.165, 1.54) is 29.3 Å². The molecule has 92 valence electrons. The lowest BCUT2D eigenvalue weighted by Crippen LogP contribution is -2.15. The summed E-state index contributed by atoms with van der Waals surface area (Å²) in [5.74, 6) is -1.32. The number of carboxylic acids is 1. The van der Waals surface area contributed by atoms with E-state index < -0.39 is 5.97 Å². The molecule has 0 atom stereocenters. The molecule has 18 heavy (non-hydrogen) atoms. The van der Waals surface area contributed by atoms with Gasteiger partial charge >= 0.3 is 5.97 Å². The third-order valence-electron chi connectivity index (χ3n) is 2.36. The minimum atomic E-state index is -1.13. The second-order valence-corrected chi connectivity index (χ2v) is 3.59. The van der Waals surface area contributed by atoms with Gasteiger partial charge in [-0.05, 0) is 24.3 Å². The highest BCUT2D eigenvalue weighted by Crippen LogP contribution is 2.20. The van der Waals surface area contributed by atoms with Gasteiger partial charge in [-0.15, -0.1) is 0 Å². The minimum absolute atomic E-state index is 0.108. The van der Waals surface area contributed by atoms with Gasteiger partial charge in [0.15, 0.2) is 5.69 Å². The Balaban J connectivity index is 2.36. The lowest BCUT2D eigenvalue weighted by Gasteiger charge is -2.17. The molecule has 1 N–H and O–H groups in total. The Hall–Kier alpha value is -2.50. The molecule has 1 aromatic heterocycles. The Labute approximate surface area is 103 Å². The van der Waals surface area contributed by atoms with E-state index in [2.05, 4.69) is 9.97 Å². The number of carbonyl (C=O) groups is 1. The highest BCUT2D eigenvalue weighted by molar-refractivity contribution is 5.85. The van der Waals surface area contributed by atoms with Crippen LogP contribution in [0.4, 0.5) is 16.0 Å². The van der Waals surface area contributed by atoms with E-state index >= 15 is 0 Å². The van der Waals surface area contributed by atoms with Gasteiger partial charge in [-0.2, -0.15) is 0 Å². The zero-order valence-electron chi connectivity index (χ0n) is 9.54. The first kappa shape index (κ1) is 12.0. The summed E-state index contributed by atoms with van der Waals surface area (Å²) in [6.45, 7) is 0. The average Bonchev–Trinajstić information content (AvgIpc) is 2.38. The molecule has 0 spiro atoms. The maximum absolute atomic E-state index is 13.1. The van der Waals surface area contributed by atoms with Gasteiger partial charge in [0.05, 0.1) is 0 Å². The molecular weight excluding hydrogens is 237 g/mol. The number of halogens is 1. The maximum Gasteiger partial charge on any atom is 0.354 e. The van der Waals surface area contributed by atoms with Crippen molar-refractivity contribution in [1.29, 1.82) is 0 Å². The van der Waals surface area contributed by atoms with Gasteiger partial charge in [0.25, 0.3) is 0 Å². The van der Waals surface area contributed by atoms with Crippen molar-refractivity contribution in [1.82, 2.24) is 9.97 Å². The Morgan fingerprint density at radius 1 is 1.39 bits per heavy atom. The predicted molar refractivity (Wildman–Crippen MR) is 63.5 cm³/mol. The van der Waals surface area contributed by atoms with Crippen LogP contribution in [-0.2, 0) is 0 Å². The molecule has 1 heterocycles. The van der Waals surface area contributed by atoms with Crippen molar-refractivity contribution >= 4 is 17.6 Å². The van der Waals surface area contributed by atoms with Gasteiger partial charge in [-0.1, -0.05) is 6.07 Å². The molecule has 0 amide bonds. The van der Waals surface area contributed by atoms with Crippen molar-refractivity contribution in [3.63, 3.8) is 0 Å². The predicted octanol–water partition coefficient (Wildman–Crippen LogP) is 2.08. The molecule has 0 radical (unpaired) electrons. The second kappa shape index (κ2) is 4.79. The lowest BCUT2D eigenvalue weighted by molar-refractivity contribution is 0.0690. The number of nitrogens with zero attached hydrogens (tertiary/aromatic N) is 3. The lowest BCUT2D eigenvalue weighted by atomic mass is 10.3. The van der Waals surface area contributed by atoms with E-state index in [1.54, 1.807) is 19.2 Å². The maximum atomic E-state index is 13.1. The number of hydrogen-bond donors (Lipinski definition) is 1. The third-order valence-corrected chi connectivity index (χ3v) is 2.36. The van der Waals surface area contributed by atoms with Crippen molar-refractivity contribution in [2.45, 2.75) is 0 Å². The first-order valence-electron chi connectivity index (χ1n) is 5.13. The highest BCUT2D eigenvalue weighted by atomic mass is 19.1. The smallest absolute Gasteiger partial charge is 0.354 e. The fourth-order valence-electron chi connectivity index (χ4n) is 1.43. The molecule has 2 aromatic rings. The summed E-state index contributed by atoms with van der Waals surface area (Å²) >= 11 is 0. The van der Waals surface area contributed by atoms with E-state index in [0.717, 1.165) is 0 Å². The Kier molecular flexibility index (Phi) is 3.18. The summed E-state index contributed by atoms with van der Waals surface area (Å²) in [5, 5.41) is 8.84. The van der Waals surface area contributed by atoms with Crippen LogP contribution in [0.3, 0.4) is 0 Å².